The Balaban J connectivity index is 2.64. The topological polar surface area (TPSA) is 0 Å². The molecule has 0 spiro atoms. The van der Waals surface area contributed by atoms with Gasteiger partial charge < -0.3 is 0 Å². The van der Waals surface area contributed by atoms with Crippen LogP contribution in [0.5, 0.6) is 0 Å². The van der Waals surface area contributed by atoms with Crippen molar-refractivity contribution in [2.45, 2.75) is 80.1 Å². The molecule has 1 aliphatic rings. The third-order valence-electron chi connectivity index (χ3n) is 4.32. The monoisotopic (exact) mass is 210 g/mol. The summed E-state index contributed by atoms with van der Waals surface area (Å²) in [6, 6.07) is 0. The van der Waals surface area contributed by atoms with Crippen molar-refractivity contribution >= 4 is 0 Å². The second-order valence-corrected chi connectivity index (χ2v) is 7.76. The van der Waals surface area contributed by atoms with Gasteiger partial charge in [0.25, 0.3) is 0 Å². The molecule has 90 valence electrons. The van der Waals surface area contributed by atoms with Gasteiger partial charge in [0, 0.05) is 0 Å². The summed E-state index contributed by atoms with van der Waals surface area (Å²) in [4.78, 5) is 0. The van der Waals surface area contributed by atoms with E-state index in [1.165, 1.54) is 38.5 Å². The van der Waals surface area contributed by atoms with Crippen molar-refractivity contribution in [3.8, 4) is 0 Å². The third-order valence-corrected chi connectivity index (χ3v) is 4.32. The van der Waals surface area contributed by atoms with Crippen LogP contribution in [-0.4, -0.2) is 0 Å². The Kier molecular flexibility index (Phi) is 3.58. The quantitative estimate of drug-likeness (QED) is 0.571. The van der Waals surface area contributed by atoms with Gasteiger partial charge in [0.15, 0.2) is 0 Å². The highest BCUT2D eigenvalue weighted by Gasteiger charge is 2.39. The highest BCUT2D eigenvalue weighted by atomic mass is 14.4. The maximum atomic E-state index is 2.43. The molecule has 1 saturated carbocycles. The SMILES string of the molecule is CCC1(CC(C)(C)C)CCC(C)(C)CC1. The minimum Gasteiger partial charge on any atom is -0.0649 e. The Hall–Kier alpha value is 0. The molecule has 0 unspecified atom stereocenters. The summed E-state index contributed by atoms with van der Waals surface area (Å²) < 4.78 is 0. The van der Waals surface area contributed by atoms with Gasteiger partial charge in [0.1, 0.15) is 0 Å². The van der Waals surface area contributed by atoms with Crippen LogP contribution >= 0.6 is 0 Å². The van der Waals surface area contributed by atoms with Crippen LogP contribution in [0.2, 0.25) is 0 Å². The maximum absolute atomic E-state index is 2.43. The van der Waals surface area contributed by atoms with Gasteiger partial charge in [-0.25, -0.2) is 0 Å². The summed E-state index contributed by atoms with van der Waals surface area (Å²) >= 11 is 0. The predicted molar refractivity (Wildman–Crippen MR) is 69.0 cm³/mol. The summed E-state index contributed by atoms with van der Waals surface area (Å²) in [5, 5.41) is 0. The average molecular weight is 210 g/mol. The van der Waals surface area contributed by atoms with E-state index in [1.807, 2.05) is 0 Å². The van der Waals surface area contributed by atoms with Gasteiger partial charge in [0.05, 0.1) is 0 Å². The lowest BCUT2D eigenvalue weighted by Crippen LogP contribution is -2.34. The Labute approximate surface area is 96.8 Å². The second kappa shape index (κ2) is 4.11. The van der Waals surface area contributed by atoms with Crippen molar-refractivity contribution in [1.29, 1.82) is 0 Å². The predicted octanol–water partition coefficient (Wildman–Crippen LogP) is 5.42. The molecule has 0 aromatic heterocycles. The van der Waals surface area contributed by atoms with E-state index in [2.05, 4.69) is 41.5 Å². The number of hydrogen-bond acceptors (Lipinski definition) is 0. The normalized spacial score (nSPS) is 25.2. The largest absolute Gasteiger partial charge is 0.0649 e. The van der Waals surface area contributed by atoms with Gasteiger partial charge in [-0.3, -0.25) is 0 Å². The lowest BCUT2D eigenvalue weighted by Gasteiger charge is -2.46. The average Bonchev–Trinajstić information content (AvgIpc) is 2.07. The first-order chi connectivity index (χ1) is 6.68. The first kappa shape index (κ1) is 13.1. The van der Waals surface area contributed by atoms with Crippen molar-refractivity contribution in [3.63, 3.8) is 0 Å². The molecule has 1 aliphatic carbocycles. The third kappa shape index (κ3) is 3.81. The standard InChI is InChI=1S/C15H30/c1-7-15(12-13(2,3)4)10-8-14(5,6)9-11-15/h7-12H2,1-6H3. The zero-order chi connectivity index (χ0) is 11.7. The van der Waals surface area contributed by atoms with E-state index in [9.17, 15) is 0 Å². The van der Waals surface area contributed by atoms with Crippen LogP contribution in [0.3, 0.4) is 0 Å². The number of rotatable bonds is 2. The first-order valence-electron chi connectivity index (χ1n) is 6.68. The van der Waals surface area contributed by atoms with Gasteiger partial charge in [-0.05, 0) is 48.3 Å². The first-order valence-corrected chi connectivity index (χ1v) is 6.68. The molecule has 0 aromatic rings. The van der Waals surface area contributed by atoms with Crippen molar-refractivity contribution in [3.05, 3.63) is 0 Å². The Morgan fingerprint density at radius 3 is 1.73 bits per heavy atom. The van der Waals surface area contributed by atoms with Crippen LogP contribution < -0.4 is 0 Å². The molecule has 0 atom stereocenters. The minimum atomic E-state index is 0.498. The summed E-state index contributed by atoms with van der Waals surface area (Å²) in [6.07, 6.45) is 8.54. The molecule has 0 N–H and O–H groups in total. The fraction of sp³-hybridized carbons (Fsp3) is 1.00. The Bertz CT molecular complexity index is 195. The smallest absolute Gasteiger partial charge is 0.0295 e. The van der Waals surface area contributed by atoms with E-state index in [4.69, 9.17) is 0 Å². The van der Waals surface area contributed by atoms with Crippen LogP contribution in [0, 0.1) is 16.2 Å². The molecule has 0 bridgehead atoms. The van der Waals surface area contributed by atoms with E-state index in [0.29, 0.717) is 16.2 Å². The lowest BCUT2D eigenvalue weighted by atomic mass is 9.59. The van der Waals surface area contributed by atoms with Crippen LogP contribution in [-0.2, 0) is 0 Å². The Morgan fingerprint density at radius 1 is 0.933 bits per heavy atom. The van der Waals surface area contributed by atoms with E-state index in [1.54, 1.807) is 0 Å². The molecular formula is C15H30. The van der Waals surface area contributed by atoms with Crippen molar-refractivity contribution in [2.24, 2.45) is 16.2 Å². The molecule has 0 aliphatic heterocycles. The second-order valence-electron chi connectivity index (χ2n) is 7.76. The van der Waals surface area contributed by atoms with Crippen LogP contribution in [0.25, 0.3) is 0 Å². The highest BCUT2D eigenvalue weighted by molar-refractivity contribution is 4.90. The fourth-order valence-corrected chi connectivity index (χ4v) is 3.24. The molecule has 0 radical (unpaired) electrons. The number of hydrogen-bond donors (Lipinski definition) is 0. The fourth-order valence-electron chi connectivity index (χ4n) is 3.24. The highest BCUT2D eigenvalue weighted by Crippen LogP contribution is 2.51. The van der Waals surface area contributed by atoms with E-state index in [0.717, 1.165) is 0 Å². The molecule has 1 fully saturated rings. The Morgan fingerprint density at radius 2 is 1.40 bits per heavy atom. The molecule has 0 saturated heterocycles. The summed E-state index contributed by atoms with van der Waals surface area (Å²) in [6.45, 7) is 14.4. The van der Waals surface area contributed by atoms with E-state index >= 15 is 0 Å². The molecule has 0 aromatic carbocycles. The minimum absolute atomic E-state index is 0.498. The molecular weight excluding hydrogens is 180 g/mol. The van der Waals surface area contributed by atoms with Gasteiger partial charge in [-0.15, -0.1) is 0 Å². The molecule has 15 heavy (non-hydrogen) atoms. The summed E-state index contributed by atoms with van der Waals surface area (Å²) in [7, 11) is 0. The zero-order valence-corrected chi connectivity index (χ0v) is 11.7. The van der Waals surface area contributed by atoms with Crippen LogP contribution in [0.1, 0.15) is 80.1 Å². The zero-order valence-electron chi connectivity index (χ0n) is 11.7. The lowest BCUT2D eigenvalue weighted by molar-refractivity contribution is 0.0559. The maximum Gasteiger partial charge on any atom is -0.0295 e. The van der Waals surface area contributed by atoms with Gasteiger partial charge in [-0.2, -0.15) is 0 Å². The van der Waals surface area contributed by atoms with Crippen molar-refractivity contribution < 1.29 is 0 Å². The van der Waals surface area contributed by atoms with Crippen molar-refractivity contribution in [1.82, 2.24) is 0 Å². The van der Waals surface area contributed by atoms with Gasteiger partial charge in [-0.1, -0.05) is 48.0 Å². The van der Waals surface area contributed by atoms with E-state index in [-0.39, 0.29) is 0 Å². The van der Waals surface area contributed by atoms with Crippen LogP contribution in [0.15, 0.2) is 0 Å². The van der Waals surface area contributed by atoms with Crippen LogP contribution in [0.4, 0.5) is 0 Å². The van der Waals surface area contributed by atoms with Gasteiger partial charge in [0.2, 0.25) is 0 Å². The van der Waals surface area contributed by atoms with Gasteiger partial charge >= 0.3 is 0 Å². The summed E-state index contributed by atoms with van der Waals surface area (Å²) in [5.41, 5.74) is 1.77. The molecule has 0 amide bonds. The van der Waals surface area contributed by atoms with Crippen molar-refractivity contribution in [2.75, 3.05) is 0 Å². The molecule has 0 nitrogen and oxygen atoms in total. The van der Waals surface area contributed by atoms with E-state index < -0.39 is 0 Å². The summed E-state index contributed by atoms with van der Waals surface area (Å²) in [5.74, 6) is 0. The molecule has 0 heterocycles. The molecule has 1 rings (SSSR count). The molecule has 0 heteroatoms.